The number of hydrogen-bond acceptors (Lipinski definition) is 3. The minimum absolute atomic E-state index is 0.0386. The average Bonchev–Trinajstić information content (AvgIpc) is 2.59. The van der Waals surface area contributed by atoms with Gasteiger partial charge in [0.25, 0.3) is 0 Å². The first kappa shape index (κ1) is 19.2. The third-order valence-electron chi connectivity index (χ3n) is 4.25. The van der Waals surface area contributed by atoms with Crippen LogP contribution in [0.1, 0.15) is 43.0 Å². The molecule has 0 aliphatic heterocycles. The zero-order valence-electron chi connectivity index (χ0n) is 15.0. The van der Waals surface area contributed by atoms with Gasteiger partial charge in [0.05, 0.1) is 17.4 Å². The van der Waals surface area contributed by atoms with Crippen LogP contribution in [0.4, 0.5) is 0 Å². The number of rotatable bonds is 7. The Bertz CT molecular complexity index is 809. The van der Waals surface area contributed by atoms with Crippen LogP contribution in [0.2, 0.25) is 0 Å². The van der Waals surface area contributed by atoms with E-state index in [0.717, 1.165) is 24.0 Å². The van der Waals surface area contributed by atoms with E-state index in [4.69, 9.17) is 0 Å². The van der Waals surface area contributed by atoms with Crippen molar-refractivity contribution in [2.45, 2.75) is 44.0 Å². The molecule has 0 spiro atoms. The molecule has 0 saturated carbocycles. The van der Waals surface area contributed by atoms with Crippen molar-refractivity contribution >= 4 is 15.7 Å². The van der Waals surface area contributed by atoms with E-state index in [0.29, 0.717) is 6.42 Å². The van der Waals surface area contributed by atoms with Gasteiger partial charge in [0, 0.05) is 6.26 Å². The summed E-state index contributed by atoms with van der Waals surface area (Å²) >= 11 is 0. The van der Waals surface area contributed by atoms with Crippen LogP contribution < -0.4 is 5.32 Å². The van der Waals surface area contributed by atoms with Crippen LogP contribution >= 0.6 is 0 Å². The molecule has 0 radical (unpaired) electrons. The summed E-state index contributed by atoms with van der Waals surface area (Å²) in [6, 6.07) is 14.6. The Morgan fingerprint density at radius 2 is 1.52 bits per heavy atom. The Hall–Kier alpha value is -2.14. The number of carbonyl (C=O) groups excluding carboxylic acids is 1. The van der Waals surface area contributed by atoms with Crippen molar-refractivity contribution in [2.75, 3.05) is 6.26 Å². The van der Waals surface area contributed by atoms with Crippen molar-refractivity contribution in [2.24, 2.45) is 0 Å². The second kappa shape index (κ2) is 8.30. The first-order chi connectivity index (χ1) is 11.8. The van der Waals surface area contributed by atoms with E-state index < -0.39 is 9.84 Å². The maximum Gasteiger partial charge on any atom is 0.224 e. The Balaban J connectivity index is 2.03. The standard InChI is InChI=1S/C20H25NO3S/c1-4-15-6-8-16(9-7-15)14-20(22)21-19(5-2)17-10-12-18(13-11-17)25(3,23)24/h6-13,19H,4-5,14H2,1-3H3,(H,21,22)/t19-/m1/s1. The molecular formula is C20H25NO3S. The lowest BCUT2D eigenvalue weighted by molar-refractivity contribution is -0.121. The van der Waals surface area contributed by atoms with Gasteiger partial charge in [-0.3, -0.25) is 4.79 Å². The molecule has 134 valence electrons. The fraction of sp³-hybridized carbons (Fsp3) is 0.350. The van der Waals surface area contributed by atoms with E-state index in [-0.39, 0.29) is 16.8 Å². The zero-order chi connectivity index (χ0) is 18.4. The molecular weight excluding hydrogens is 334 g/mol. The van der Waals surface area contributed by atoms with Gasteiger partial charge in [-0.1, -0.05) is 50.2 Å². The maximum atomic E-state index is 12.3. The summed E-state index contributed by atoms with van der Waals surface area (Å²) < 4.78 is 23.1. The van der Waals surface area contributed by atoms with Gasteiger partial charge in [-0.2, -0.15) is 0 Å². The lowest BCUT2D eigenvalue weighted by Crippen LogP contribution is -2.29. The second-order valence-corrected chi connectivity index (χ2v) is 8.23. The monoisotopic (exact) mass is 359 g/mol. The molecule has 4 nitrogen and oxygen atoms in total. The largest absolute Gasteiger partial charge is 0.349 e. The van der Waals surface area contributed by atoms with Gasteiger partial charge >= 0.3 is 0 Å². The topological polar surface area (TPSA) is 63.2 Å². The molecule has 2 aromatic carbocycles. The highest BCUT2D eigenvalue weighted by atomic mass is 32.2. The summed E-state index contributed by atoms with van der Waals surface area (Å²) in [5.74, 6) is -0.0386. The summed E-state index contributed by atoms with van der Waals surface area (Å²) in [4.78, 5) is 12.6. The average molecular weight is 359 g/mol. The highest BCUT2D eigenvalue weighted by Crippen LogP contribution is 2.19. The van der Waals surface area contributed by atoms with Crippen LogP contribution in [0, 0.1) is 0 Å². The molecule has 0 aliphatic carbocycles. The number of aryl methyl sites for hydroxylation is 1. The van der Waals surface area contributed by atoms with Crippen molar-refractivity contribution in [3.8, 4) is 0 Å². The first-order valence-electron chi connectivity index (χ1n) is 8.50. The Morgan fingerprint density at radius 3 is 2.00 bits per heavy atom. The molecule has 0 fully saturated rings. The smallest absolute Gasteiger partial charge is 0.224 e. The highest BCUT2D eigenvalue weighted by Gasteiger charge is 2.14. The van der Waals surface area contributed by atoms with E-state index in [1.165, 1.54) is 11.8 Å². The molecule has 1 atom stereocenters. The van der Waals surface area contributed by atoms with E-state index in [2.05, 4.69) is 12.2 Å². The van der Waals surface area contributed by atoms with Crippen LogP contribution in [-0.4, -0.2) is 20.6 Å². The summed E-state index contributed by atoms with van der Waals surface area (Å²) in [6.45, 7) is 4.09. The van der Waals surface area contributed by atoms with Crippen LogP contribution in [0.15, 0.2) is 53.4 Å². The number of amides is 1. The van der Waals surface area contributed by atoms with E-state index in [9.17, 15) is 13.2 Å². The van der Waals surface area contributed by atoms with Gasteiger partial charge in [-0.25, -0.2) is 8.42 Å². The lowest BCUT2D eigenvalue weighted by atomic mass is 10.0. The van der Waals surface area contributed by atoms with Gasteiger partial charge in [-0.05, 0) is 41.7 Å². The molecule has 0 unspecified atom stereocenters. The molecule has 2 aromatic rings. The van der Waals surface area contributed by atoms with Crippen molar-refractivity contribution < 1.29 is 13.2 Å². The van der Waals surface area contributed by atoms with E-state index in [1.54, 1.807) is 24.3 Å². The highest BCUT2D eigenvalue weighted by molar-refractivity contribution is 7.90. The third-order valence-corrected chi connectivity index (χ3v) is 5.38. The maximum absolute atomic E-state index is 12.3. The number of carbonyl (C=O) groups is 1. The summed E-state index contributed by atoms with van der Waals surface area (Å²) in [5.41, 5.74) is 3.14. The van der Waals surface area contributed by atoms with Gasteiger partial charge in [-0.15, -0.1) is 0 Å². The zero-order valence-corrected chi connectivity index (χ0v) is 15.8. The van der Waals surface area contributed by atoms with Crippen LogP contribution in [0.3, 0.4) is 0 Å². The molecule has 0 saturated heterocycles. The molecule has 25 heavy (non-hydrogen) atoms. The molecule has 0 heterocycles. The number of sulfone groups is 1. The van der Waals surface area contributed by atoms with Gasteiger partial charge in [0.1, 0.15) is 0 Å². The lowest BCUT2D eigenvalue weighted by Gasteiger charge is -2.18. The predicted molar refractivity (Wildman–Crippen MR) is 100 cm³/mol. The predicted octanol–water partition coefficient (Wildman–Crippen LogP) is 3.46. The molecule has 1 amide bonds. The third kappa shape index (κ3) is 5.43. The molecule has 2 rings (SSSR count). The van der Waals surface area contributed by atoms with E-state index >= 15 is 0 Å². The number of benzene rings is 2. The Kier molecular flexibility index (Phi) is 6.37. The fourth-order valence-corrected chi connectivity index (χ4v) is 3.32. The number of nitrogens with one attached hydrogen (secondary N) is 1. The van der Waals surface area contributed by atoms with Crippen LogP contribution in [0.25, 0.3) is 0 Å². The minimum Gasteiger partial charge on any atom is -0.349 e. The van der Waals surface area contributed by atoms with Crippen molar-refractivity contribution in [3.05, 3.63) is 65.2 Å². The Labute approximate surface area is 150 Å². The molecule has 0 bridgehead atoms. The first-order valence-corrected chi connectivity index (χ1v) is 10.4. The van der Waals surface area contributed by atoms with Crippen molar-refractivity contribution in [1.82, 2.24) is 5.32 Å². The quantitative estimate of drug-likeness (QED) is 0.823. The summed E-state index contributed by atoms with van der Waals surface area (Å²) in [7, 11) is -3.21. The van der Waals surface area contributed by atoms with Crippen LogP contribution in [-0.2, 0) is 27.5 Å². The van der Waals surface area contributed by atoms with Crippen molar-refractivity contribution in [3.63, 3.8) is 0 Å². The normalized spacial score (nSPS) is 12.6. The van der Waals surface area contributed by atoms with E-state index in [1.807, 2.05) is 31.2 Å². The van der Waals surface area contributed by atoms with Gasteiger partial charge in [0.2, 0.25) is 5.91 Å². The second-order valence-electron chi connectivity index (χ2n) is 6.22. The minimum atomic E-state index is -3.21. The molecule has 0 aromatic heterocycles. The summed E-state index contributed by atoms with van der Waals surface area (Å²) in [6.07, 6.45) is 3.24. The van der Waals surface area contributed by atoms with Gasteiger partial charge in [0.15, 0.2) is 9.84 Å². The fourth-order valence-electron chi connectivity index (χ4n) is 2.69. The SMILES string of the molecule is CCc1ccc(CC(=O)N[C@H](CC)c2ccc(S(C)(=O)=O)cc2)cc1. The molecule has 0 aliphatic rings. The summed E-state index contributed by atoms with van der Waals surface area (Å²) in [5, 5.41) is 3.03. The van der Waals surface area contributed by atoms with Gasteiger partial charge < -0.3 is 5.32 Å². The molecule has 1 N–H and O–H groups in total. The Morgan fingerprint density at radius 1 is 0.960 bits per heavy atom. The molecule has 5 heteroatoms. The van der Waals surface area contributed by atoms with Crippen molar-refractivity contribution in [1.29, 1.82) is 0 Å². The number of hydrogen-bond donors (Lipinski definition) is 1. The van der Waals surface area contributed by atoms with Crippen LogP contribution in [0.5, 0.6) is 0 Å².